The van der Waals surface area contributed by atoms with E-state index in [1.807, 2.05) is 6.07 Å². The van der Waals surface area contributed by atoms with Crippen LogP contribution in [0.15, 0.2) is 10.5 Å². The quantitative estimate of drug-likeness (QED) is 0.851. The average Bonchev–Trinajstić information content (AvgIpc) is 2.48. The van der Waals surface area contributed by atoms with Gasteiger partial charge in [0.2, 0.25) is 0 Å². The van der Waals surface area contributed by atoms with Crippen LogP contribution in [0.3, 0.4) is 0 Å². The number of benzene rings is 1. The lowest BCUT2D eigenvalue weighted by Crippen LogP contribution is -2.14. The van der Waals surface area contributed by atoms with Gasteiger partial charge >= 0.3 is 0 Å². The molecule has 0 saturated carbocycles. The zero-order valence-electron chi connectivity index (χ0n) is 11.1. The molecule has 1 aromatic carbocycles. The molecule has 0 spiro atoms. The van der Waals surface area contributed by atoms with Crippen molar-refractivity contribution in [3.8, 4) is 11.5 Å². The van der Waals surface area contributed by atoms with Gasteiger partial charge in [0.25, 0.3) is 0 Å². The summed E-state index contributed by atoms with van der Waals surface area (Å²) in [5.41, 5.74) is 8.66. The molecule has 0 saturated heterocycles. The zero-order chi connectivity index (χ0) is 13.3. The average molecular weight is 314 g/mol. The zero-order valence-corrected chi connectivity index (χ0v) is 12.7. The number of halogens is 1. The SMILES string of the molecule is COc1cc(Br)c(OC)c2c1CCC(C)CC2N. The molecule has 0 aromatic heterocycles. The third kappa shape index (κ3) is 2.36. The molecule has 0 fully saturated rings. The third-order valence-electron chi connectivity index (χ3n) is 3.68. The van der Waals surface area contributed by atoms with Gasteiger partial charge in [-0.3, -0.25) is 0 Å². The Morgan fingerprint density at radius 3 is 2.67 bits per heavy atom. The molecule has 0 heterocycles. The fraction of sp³-hybridized carbons (Fsp3) is 0.571. The number of hydrogen-bond acceptors (Lipinski definition) is 3. The molecule has 4 heteroatoms. The van der Waals surface area contributed by atoms with Crippen LogP contribution in [0.2, 0.25) is 0 Å². The van der Waals surface area contributed by atoms with Crippen LogP contribution in [0.4, 0.5) is 0 Å². The fourth-order valence-electron chi connectivity index (χ4n) is 2.77. The predicted molar refractivity (Wildman–Crippen MR) is 76.3 cm³/mol. The van der Waals surface area contributed by atoms with Crippen molar-refractivity contribution in [2.24, 2.45) is 11.7 Å². The smallest absolute Gasteiger partial charge is 0.138 e. The van der Waals surface area contributed by atoms with Gasteiger partial charge in [0.15, 0.2) is 0 Å². The summed E-state index contributed by atoms with van der Waals surface area (Å²) in [5, 5.41) is 0. The first-order chi connectivity index (χ1) is 8.58. The molecule has 0 bridgehead atoms. The summed E-state index contributed by atoms with van der Waals surface area (Å²) in [6.45, 7) is 2.25. The number of fused-ring (bicyclic) bond motifs is 1. The lowest BCUT2D eigenvalue weighted by atomic mass is 9.96. The molecule has 2 unspecified atom stereocenters. The number of nitrogens with two attached hydrogens (primary N) is 1. The van der Waals surface area contributed by atoms with E-state index in [2.05, 4.69) is 22.9 Å². The number of rotatable bonds is 2. The lowest BCUT2D eigenvalue weighted by molar-refractivity contribution is 0.388. The van der Waals surface area contributed by atoms with Crippen molar-refractivity contribution < 1.29 is 9.47 Å². The van der Waals surface area contributed by atoms with Crippen molar-refractivity contribution in [2.75, 3.05) is 14.2 Å². The van der Waals surface area contributed by atoms with E-state index in [0.717, 1.165) is 40.8 Å². The van der Waals surface area contributed by atoms with Crippen LogP contribution in [0.25, 0.3) is 0 Å². The fourth-order valence-corrected chi connectivity index (χ4v) is 3.35. The Bertz CT molecular complexity index is 448. The highest BCUT2D eigenvalue weighted by Crippen LogP contribution is 2.44. The summed E-state index contributed by atoms with van der Waals surface area (Å²) in [6, 6.07) is 1.99. The van der Waals surface area contributed by atoms with Gasteiger partial charge in [0.1, 0.15) is 11.5 Å². The normalized spacial score (nSPS) is 23.2. The largest absolute Gasteiger partial charge is 0.496 e. The molecule has 0 radical (unpaired) electrons. The molecule has 0 amide bonds. The molecular formula is C14H20BrNO2. The van der Waals surface area contributed by atoms with E-state index < -0.39 is 0 Å². The van der Waals surface area contributed by atoms with Gasteiger partial charge in [0.05, 0.1) is 18.7 Å². The van der Waals surface area contributed by atoms with Gasteiger partial charge in [-0.15, -0.1) is 0 Å². The van der Waals surface area contributed by atoms with Crippen molar-refractivity contribution in [3.05, 3.63) is 21.7 Å². The maximum Gasteiger partial charge on any atom is 0.138 e. The Morgan fingerprint density at radius 2 is 2.06 bits per heavy atom. The van der Waals surface area contributed by atoms with E-state index in [-0.39, 0.29) is 6.04 Å². The van der Waals surface area contributed by atoms with Crippen molar-refractivity contribution in [3.63, 3.8) is 0 Å². The number of ether oxygens (including phenoxy) is 2. The monoisotopic (exact) mass is 313 g/mol. The van der Waals surface area contributed by atoms with Gasteiger partial charge < -0.3 is 15.2 Å². The first-order valence-electron chi connectivity index (χ1n) is 6.27. The Hall–Kier alpha value is -0.740. The molecule has 18 heavy (non-hydrogen) atoms. The van der Waals surface area contributed by atoms with Crippen LogP contribution in [0.1, 0.15) is 36.9 Å². The molecule has 2 atom stereocenters. The van der Waals surface area contributed by atoms with Crippen LogP contribution in [0.5, 0.6) is 11.5 Å². The number of methoxy groups -OCH3 is 2. The van der Waals surface area contributed by atoms with Crippen LogP contribution >= 0.6 is 15.9 Å². The summed E-state index contributed by atoms with van der Waals surface area (Å²) in [7, 11) is 3.39. The highest BCUT2D eigenvalue weighted by Gasteiger charge is 2.27. The third-order valence-corrected chi connectivity index (χ3v) is 4.27. The minimum absolute atomic E-state index is 0.0128. The Balaban J connectivity index is 2.63. The Kier molecular flexibility index (Phi) is 4.17. The van der Waals surface area contributed by atoms with Crippen molar-refractivity contribution in [2.45, 2.75) is 32.2 Å². The number of hydrogen-bond donors (Lipinski definition) is 1. The van der Waals surface area contributed by atoms with Crippen LogP contribution in [0, 0.1) is 5.92 Å². The van der Waals surface area contributed by atoms with Gasteiger partial charge in [-0.05, 0) is 47.2 Å². The minimum atomic E-state index is 0.0128. The summed E-state index contributed by atoms with van der Waals surface area (Å²) in [4.78, 5) is 0. The first kappa shape index (κ1) is 13.7. The maximum atomic E-state index is 6.35. The second-order valence-electron chi connectivity index (χ2n) is 4.97. The minimum Gasteiger partial charge on any atom is -0.496 e. The Morgan fingerprint density at radius 1 is 1.33 bits per heavy atom. The summed E-state index contributed by atoms with van der Waals surface area (Å²) in [5.74, 6) is 2.38. The molecule has 100 valence electrons. The summed E-state index contributed by atoms with van der Waals surface area (Å²) < 4.78 is 11.9. The Labute approximate surface area is 117 Å². The first-order valence-corrected chi connectivity index (χ1v) is 7.06. The maximum absolute atomic E-state index is 6.35. The topological polar surface area (TPSA) is 44.5 Å². The van der Waals surface area contributed by atoms with E-state index >= 15 is 0 Å². The highest BCUT2D eigenvalue weighted by atomic mass is 79.9. The van der Waals surface area contributed by atoms with Crippen molar-refractivity contribution >= 4 is 15.9 Å². The van der Waals surface area contributed by atoms with Crippen LogP contribution in [-0.2, 0) is 6.42 Å². The molecule has 2 N–H and O–H groups in total. The van der Waals surface area contributed by atoms with Gasteiger partial charge in [0, 0.05) is 17.2 Å². The predicted octanol–water partition coefficient (Wildman–Crippen LogP) is 3.44. The highest BCUT2D eigenvalue weighted by molar-refractivity contribution is 9.10. The molecule has 0 aliphatic heterocycles. The van der Waals surface area contributed by atoms with E-state index in [9.17, 15) is 0 Å². The molecule has 2 rings (SSSR count). The lowest BCUT2D eigenvalue weighted by Gasteiger charge is -2.21. The second kappa shape index (κ2) is 5.49. The van der Waals surface area contributed by atoms with E-state index in [0.29, 0.717) is 5.92 Å². The molecule has 1 aliphatic rings. The van der Waals surface area contributed by atoms with E-state index in [4.69, 9.17) is 15.2 Å². The molecule has 1 aromatic rings. The van der Waals surface area contributed by atoms with Gasteiger partial charge in [-0.25, -0.2) is 0 Å². The van der Waals surface area contributed by atoms with E-state index in [1.54, 1.807) is 14.2 Å². The van der Waals surface area contributed by atoms with Crippen LogP contribution < -0.4 is 15.2 Å². The van der Waals surface area contributed by atoms with Gasteiger partial charge in [-0.2, -0.15) is 0 Å². The van der Waals surface area contributed by atoms with Crippen LogP contribution in [-0.4, -0.2) is 14.2 Å². The molecule has 1 aliphatic carbocycles. The summed E-state index contributed by atoms with van der Waals surface area (Å²) >= 11 is 3.53. The standard InChI is InChI=1S/C14H20BrNO2/c1-8-4-5-9-12(17-2)7-10(15)14(18-3)13(9)11(16)6-8/h7-8,11H,4-6,16H2,1-3H3. The molecule has 3 nitrogen and oxygen atoms in total. The van der Waals surface area contributed by atoms with Crippen molar-refractivity contribution in [1.82, 2.24) is 0 Å². The van der Waals surface area contributed by atoms with Crippen molar-refractivity contribution in [1.29, 1.82) is 0 Å². The summed E-state index contributed by atoms with van der Waals surface area (Å²) in [6.07, 6.45) is 3.13. The van der Waals surface area contributed by atoms with E-state index in [1.165, 1.54) is 5.56 Å². The molecular weight excluding hydrogens is 294 g/mol. The van der Waals surface area contributed by atoms with Gasteiger partial charge in [-0.1, -0.05) is 6.92 Å². The second-order valence-corrected chi connectivity index (χ2v) is 5.83.